The number of sulfone groups is 1. The van der Waals surface area contributed by atoms with Crippen LogP contribution in [-0.4, -0.2) is 34.9 Å². The molecule has 0 saturated heterocycles. The zero-order valence-corrected chi connectivity index (χ0v) is 16.1. The molecule has 0 aromatic heterocycles. The van der Waals surface area contributed by atoms with Crippen LogP contribution in [0.15, 0.2) is 58.5 Å². The van der Waals surface area contributed by atoms with Crippen molar-refractivity contribution in [2.75, 3.05) is 25.8 Å². The quantitative estimate of drug-likeness (QED) is 0.554. The molecule has 0 fully saturated rings. The highest BCUT2D eigenvalue weighted by Crippen LogP contribution is 2.34. The minimum Gasteiger partial charge on any atom is -0.494 e. The highest BCUT2D eigenvalue weighted by Gasteiger charge is 2.28. The Morgan fingerprint density at radius 1 is 1.14 bits per heavy atom. The van der Waals surface area contributed by atoms with E-state index in [0.717, 1.165) is 13.3 Å². The van der Waals surface area contributed by atoms with Crippen molar-refractivity contribution in [1.82, 2.24) is 0 Å². The smallest absolute Gasteiger partial charge is 0.351 e. The summed E-state index contributed by atoms with van der Waals surface area (Å²) in [5.74, 6) is 0.655. The second kappa shape index (κ2) is 8.22. The molecule has 0 radical (unpaired) electrons. The molecule has 0 spiro atoms. The summed E-state index contributed by atoms with van der Waals surface area (Å²) < 4.78 is 46.3. The van der Waals surface area contributed by atoms with Gasteiger partial charge in [0.2, 0.25) is 16.6 Å². The Balaban J connectivity index is 1.90. The summed E-state index contributed by atoms with van der Waals surface area (Å²) in [7, 11) is -3.00. The molecule has 0 saturated carbocycles. The number of fused-ring (bicyclic) bond motifs is 1. The van der Waals surface area contributed by atoms with Crippen LogP contribution in [0.5, 0.6) is 17.2 Å². The van der Waals surface area contributed by atoms with E-state index in [4.69, 9.17) is 14.2 Å². The van der Waals surface area contributed by atoms with E-state index in [1.54, 1.807) is 18.2 Å². The number of nitrogens with one attached hydrogen (secondary N) is 1. The molecule has 9 heteroatoms. The lowest BCUT2D eigenvalue weighted by Gasteiger charge is -2.10. The van der Waals surface area contributed by atoms with Crippen molar-refractivity contribution in [3.05, 3.63) is 53.6 Å². The molecule has 2 aromatic carbocycles. The lowest BCUT2D eigenvalue weighted by Crippen LogP contribution is -2.17. The molecule has 148 valence electrons. The Morgan fingerprint density at radius 2 is 1.86 bits per heavy atom. The molecule has 1 heterocycles. The molecule has 0 unspecified atom stereocenters. The zero-order valence-electron chi connectivity index (χ0n) is 15.3. The van der Waals surface area contributed by atoms with E-state index >= 15 is 0 Å². The van der Waals surface area contributed by atoms with Gasteiger partial charge in [-0.3, -0.25) is 0 Å². The Hall–Kier alpha value is -3.20. The van der Waals surface area contributed by atoms with Crippen molar-refractivity contribution < 1.29 is 32.2 Å². The molecule has 0 bridgehead atoms. The molecule has 0 atom stereocenters. The first-order valence-electron chi connectivity index (χ1n) is 8.38. The number of anilines is 1. The van der Waals surface area contributed by atoms with Crippen LogP contribution >= 0.6 is 0 Å². The second-order valence-corrected chi connectivity index (χ2v) is 7.54. The summed E-state index contributed by atoms with van der Waals surface area (Å²) in [6.45, 7) is 2.40. The number of ether oxygens (including phenoxy) is 4. The molecule has 2 aromatic rings. The summed E-state index contributed by atoms with van der Waals surface area (Å²) >= 11 is 0. The number of rotatable bonds is 7. The molecular formula is C19H19NO7S. The summed E-state index contributed by atoms with van der Waals surface area (Å²) in [6.07, 6.45) is 1.09. The molecule has 1 N–H and O–H groups in total. The van der Waals surface area contributed by atoms with Gasteiger partial charge in [-0.2, -0.15) is 0 Å². The number of hydrogen-bond acceptors (Lipinski definition) is 8. The number of benzene rings is 2. The lowest BCUT2D eigenvalue weighted by molar-refractivity contribution is -0.135. The molecule has 0 aliphatic carbocycles. The van der Waals surface area contributed by atoms with E-state index < -0.39 is 20.7 Å². The van der Waals surface area contributed by atoms with E-state index in [1.165, 1.54) is 24.3 Å². The van der Waals surface area contributed by atoms with E-state index in [1.807, 2.05) is 6.92 Å². The van der Waals surface area contributed by atoms with Crippen molar-refractivity contribution in [2.45, 2.75) is 11.8 Å². The molecule has 1 aliphatic heterocycles. The predicted molar refractivity (Wildman–Crippen MR) is 101 cm³/mol. The minimum atomic E-state index is -4.11. The average molecular weight is 405 g/mol. The average Bonchev–Trinajstić information content (AvgIpc) is 3.16. The van der Waals surface area contributed by atoms with E-state index in [0.29, 0.717) is 29.5 Å². The Morgan fingerprint density at radius 3 is 2.54 bits per heavy atom. The van der Waals surface area contributed by atoms with E-state index in [9.17, 15) is 13.2 Å². The van der Waals surface area contributed by atoms with Crippen LogP contribution in [0.4, 0.5) is 5.69 Å². The van der Waals surface area contributed by atoms with Gasteiger partial charge in [-0.1, -0.05) is 0 Å². The first-order chi connectivity index (χ1) is 13.5. The summed E-state index contributed by atoms with van der Waals surface area (Å²) in [5.41, 5.74) is 0.521. The standard InChI is InChI=1S/C19H19NO7S/c1-3-25-14-5-7-15(8-6-14)28(22,23)18(19(21)24-2)11-20-13-4-9-16-17(10-13)27-12-26-16/h4-11,20H,3,12H2,1-2H3/b18-11-. The Bertz CT molecular complexity index is 997. The van der Waals surface area contributed by atoms with Crippen LogP contribution in [0.2, 0.25) is 0 Å². The van der Waals surface area contributed by atoms with Crippen LogP contribution in [-0.2, 0) is 19.4 Å². The van der Waals surface area contributed by atoms with Gasteiger partial charge in [-0.25, -0.2) is 13.2 Å². The topological polar surface area (TPSA) is 100 Å². The van der Waals surface area contributed by atoms with Crippen LogP contribution < -0.4 is 19.5 Å². The molecular weight excluding hydrogens is 386 g/mol. The predicted octanol–water partition coefficient (Wildman–Crippen LogP) is 2.71. The zero-order chi connectivity index (χ0) is 20.1. The van der Waals surface area contributed by atoms with Gasteiger partial charge in [-0.15, -0.1) is 0 Å². The largest absolute Gasteiger partial charge is 0.494 e. The third-order valence-corrected chi connectivity index (χ3v) is 5.62. The highest BCUT2D eigenvalue weighted by molar-refractivity contribution is 7.96. The molecule has 0 amide bonds. The normalized spacial score (nSPS) is 13.1. The van der Waals surface area contributed by atoms with Crippen molar-refractivity contribution in [3.8, 4) is 17.2 Å². The van der Waals surface area contributed by atoms with Crippen molar-refractivity contribution >= 4 is 21.5 Å². The number of methoxy groups -OCH3 is 1. The van der Waals surface area contributed by atoms with E-state index in [-0.39, 0.29) is 11.7 Å². The monoisotopic (exact) mass is 405 g/mol. The first-order valence-corrected chi connectivity index (χ1v) is 9.86. The van der Waals surface area contributed by atoms with Gasteiger partial charge < -0.3 is 24.3 Å². The maximum Gasteiger partial charge on any atom is 0.351 e. The van der Waals surface area contributed by atoms with Gasteiger partial charge in [0.15, 0.2) is 16.4 Å². The van der Waals surface area contributed by atoms with Crippen molar-refractivity contribution in [1.29, 1.82) is 0 Å². The minimum absolute atomic E-state index is 0.0555. The summed E-state index contributed by atoms with van der Waals surface area (Å²) in [5, 5.41) is 2.79. The highest BCUT2D eigenvalue weighted by atomic mass is 32.2. The van der Waals surface area contributed by atoms with Crippen molar-refractivity contribution in [2.24, 2.45) is 0 Å². The summed E-state index contributed by atoms with van der Waals surface area (Å²) in [4.78, 5) is 11.5. The van der Waals surface area contributed by atoms with Crippen molar-refractivity contribution in [3.63, 3.8) is 0 Å². The lowest BCUT2D eigenvalue weighted by atomic mass is 10.3. The number of carbonyl (C=O) groups excluding carboxylic acids is 1. The van der Waals surface area contributed by atoms with Gasteiger partial charge in [0.05, 0.1) is 18.6 Å². The molecule has 1 aliphatic rings. The fourth-order valence-corrected chi connectivity index (χ4v) is 3.76. The maximum absolute atomic E-state index is 12.9. The van der Waals surface area contributed by atoms with Crippen LogP contribution in [0, 0.1) is 0 Å². The molecule has 3 rings (SSSR count). The van der Waals surface area contributed by atoms with Gasteiger partial charge in [-0.05, 0) is 43.3 Å². The van der Waals surface area contributed by atoms with Gasteiger partial charge in [0.1, 0.15) is 5.75 Å². The van der Waals surface area contributed by atoms with E-state index in [2.05, 4.69) is 10.1 Å². The summed E-state index contributed by atoms with van der Waals surface area (Å²) in [6, 6.07) is 10.8. The van der Waals surface area contributed by atoms with Gasteiger partial charge in [0.25, 0.3) is 0 Å². The number of hydrogen-bond donors (Lipinski definition) is 1. The Kier molecular flexibility index (Phi) is 5.74. The number of carbonyl (C=O) groups is 1. The van der Waals surface area contributed by atoms with Gasteiger partial charge in [0, 0.05) is 18.0 Å². The molecule has 28 heavy (non-hydrogen) atoms. The Labute approximate surface area is 162 Å². The fourth-order valence-electron chi connectivity index (χ4n) is 2.49. The second-order valence-electron chi connectivity index (χ2n) is 5.62. The molecule has 8 nitrogen and oxygen atoms in total. The van der Waals surface area contributed by atoms with Crippen LogP contribution in [0.25, 0.3) is 0 Å². The van der Waals surface area contributed by atoms with Gasteiger partial charge >= 0.3 is 5.97 Å². The third-order valence-electron chi connectivity index (χ3n) is 3.86. The van der Waals surface area contributed by atoms with Crippen LogP contribution in [0.3, 0.4) is 0 Å². The first kappa shape index (κ1) is 19.6. The van der Waals surface area contributed by atoms with Crippen LogP contribution in [0.1, 0.15) is 6.92 Å². The maximum atomic E-state index is 12.9. The number of esters is 1. The SMILES string of the molecule is CCOc1ccc(S(=O)(=O)/C(=C\Nc2ccc3c(c2)OCO3)C(=O)OC)cc1. The fraction of sp³-hybridized carbons (Fsp3) is 0.211. The third kappa shape index (κ3) is 4.04.